The number of anilines is 1. The molecule has 0 bridgehead atoms. The summed E-state index contributed by atoms with van der Waals surface area (Å²) in [4.78, 5) is 14.6. The van der Waals surface area contributed by atoms with Gasteiger partial charge in [-0.15, -0.1) is 0 Å². The first-order valence-corrected chi connectivity index (χ1v) is 6.99. The number of nitrogens with zero attached hydrogens (tertiary/aromatic N) is 2. The van der Waals surface area contributed by atoms with Gasteiger partial charge in [-0.1, -0.05) is 6.92 Å². The van der Waals surface area contributed by atoms with Crippen molar-refractivity contribution in [2.45, 2.75) is 39.7 Å². The first-order chi connectivity index (χ1) is 9.83. The zero-order chi connectivity index (χ0) is 15.9. The molecule has 7 nitrogen and oxygen atoms in total. The Kier molecular flexibility index (Phi) is 6.36. The summed E-state index contributed by atoms with van der Waals surface area (Å²) in [6.45, 7) is 9.13. The van der Waals surface area contributed by atoms with Crippen LogP contribution in [0.1, 0.15) is 34.1 Å². The minimum Gasteiger partial charge on any atom is -0.470 e. The lowest BCUT2D eigenvalue weighted by Gasteiger charge is -2.19. The molecule has 0 radical (unpaired) electrons. The molecule has 1 aromatic rings. The Labute approximate surface area is 124 Å². The normalized spacial score (nSPS) is 11.2. The largest absolute Gasteiger partial charge is 0.470 e. The monoisotopic (exact) mass is 297 g/mol. The van der Waals surface area contributed by atoms with Crippen LogP contribution in [-0.4, -0.2) is 35.3 Å². The molecule has 21 heavy (non-hydrogen) atoms. The number of hydrogen-bond acceptors (Lipinski definition) is 6. The molecule has 1 heterocycles. The quantitative estimate of drug-likeness (QED) is 0.451. The summed E-state index contributed by atoms with van der Waals surface area (Å²) in [5.41, 5.74) is -0.416. The van der Waals surface area contributed by atoms with E-state index in [4.69, 9.17) is 9.47 Å². The molecule has 0 saturated heterocycles. The number of nitrogens with one attached hydrogen (secondary N) is 1. The second kappa shape index (κ2) is 7.78. The van der Waals surface area contributed by atoms with E-state index in [0.29, 0.717) is 12.4 Å². The predicted molar refractivity (Wildman–Crippen MR) is 80.9 cm³/mol. The number of rotatable bonds is 8. The zero-order valence-electron chi connectivity index (χ0n) is 13.0. The van der Waals surface area contributed by atoms with Crippen LogP contribution in [0.5, 0.6) is 5.88 Å². The molecule has 1 aromatic heterocycles. The Balaban J connectivity index is 2.69. The summed E-state index contributed by atoms with van der Waals surface area (Å²) in [5.74, 6) is 0.577. The Morgan fingerprint density at radius 1 is 1.33 bits per heavy atom. The van der Waals surface area contributed by atoms with Crippen LogP contribution < -0.4 is 10.1 Å². The Hall–Kier alpha value is -1.89. The fourth-order valence-electron chi connectivity index (χ4n) is 1.52. The molecule has 1 N–H and O–H groups in total. The maximum absolute atomic E-state index is 11.0. The van der Waals surface area contributed by atoms with Gasteiger partial charge in [0.05, 0.1) is 17.1 Å². The van der Waals surface area contributed by atoms with Crippen molar-refractivity contribution < 1.29 is 14.4 Å². The molecule has 0 unspecified atom stereocenters. The van der Waals surface area contributed by atoms with Crippen molar-refractivity contribution in [1.29, 1.82) is 0 Å². The van der Waals surface area contributed by atoms with E-state index in [1.54, 1.807) is 6.07 Å². The maximum atomic E-state index is 11.0. The van der Waals surface area contributed by atoms with Gasteiger partial charge in [0.25, 0.3) is 5.88 Å². The topological polar surface area (TPSA) is 86.5 Å². The van der Waals surface area contributed by atoms with Crippen molar-refractivity contribution in [3.05, 3.63) is 22.2 Å². The number of aromatic nitrogens is 1. The Morgan fingerprint density at radius 2 is 2.05 bits per heavy atom. The standard InChI is InChI=1S/C14H23N3O4/c1-5-8-15-12-7-6-11(17(18)19)13(16-12)20-9-10-21-14(2,3)4/h6-7H,5,8-10H2,1-4H3,(H,15,16). The second-order valence-electron chi connectivity index (χ2n) is 5.51. The Morgan fingerprint density at radius 3 is 2.62 bits per heavy atom. The fourth-order valence-corrected chi connectivity index (χ4v) is 1.52. The van der Waals surface area contributed by atoms with Gasteiger partial charge in [0.15, 0.2) is 0 Å². The number of nitro groups is 1. The first-order valence-electron chi connectivity index (χ1n) is 6.99. The third kappa shape index (κ3) is 6.40. The van der Waals surface area contributed by atoms with E-state index in [1.807, 2.05) is 27.7 Å². The van der Waals surface area contributed by atoms with E-state index in [1.165, 1.54) is 6.07 Å². The summed E-state index contributed by atoms with van der Waals surface area (Å²) in [7, 11) is 0. The van der Waals surface area contributed by atoms with Gasteiger partial charge in [-0.2, -0.15) is 4.98 Å². The van der Waals surface area contributed by atoms with E-state index in [-0.39, 0.29) is 23.8 Å². The van der Waals surface area contributed by atoms with E-state index in [9.17, 15) is 10.1 Å². The lowest BCUT2D eigenvalue weighted by Crippen LogP contribution is -2.22. The van der Waals surface area contributed by atoms with Crippen molar-refractivity contribution >= 4 is 11.5 Å². The maximum Gasteiger partial charge on any atom is 0.331 e. The summed E-state index contributed by atoms with van der Waals surface area (Å²) in [5, 5.41) is 14.0. The lowest BCUT2D eigenvalue weighted by molar-refractivity contribution is -0.386. The average molecular weight is 297 g/mol. The van der Waals surface area contributed by atoms with Crippen molar-refractivity contribution in [1.82, 2.24) is 4.98 Å². The van der Waals surface area contributed by atoms with E-state index in [0.717, 1.165) is 13.0 Å². The van der Waals surface area contributed by atoms with Gasteiger partial charge in [-0.05, 0) is 33.3 Å². The molecule has 0 spiro atoms. The summed E-state index contributed by atoms with van der Waals surface area (Å²) in [6, 6.07) is 2.97. The van der Waals surface area contributed by atoms with Gasteiger partial charge in [0, 0.05) is 12.6 Å². The van der Waals surface area contributed by atoms with Crippen LogP contribution in [0.15, 0.2) is 12.1 Å². The van der Waals surface area contributed by atoms with Crippen LogP contribution in [0, 0.1) is 10.1 Å². The van der Waals surface area contributed by atoms with Crippen LogP contribution in [0.25, 0.3) is 0 Å². The number of hydrogen-bond donors (Lipinski definition) is 1. The third-order valence-corrected chi connectivity index (χ3v) is 2.45. The molecule has 118 valence electrons. The van der Waals surface area contributed by atoms with Crippen molar-refractivity contribution in [2.75, 3.05) is 25.1 Å². The van der Waals surface area contributed by atoms with Gasteiger partial charge < -0.3 is 14.8 Å². The molecular formula is C14H23N3O4. The smallest absolute Gasteiger partial charge is 0.331 e. The first kappa shape index (κ1) is 17.2. The highest BCUT2D eigenvalue weighted by Gasteiger charge is 2.18. The van der Waals surface area contributed by atoms with Crippen LogP contribution in [0.3, 0.4) is 0 Å². The molecule has 7 heteroatoms. The summed E-state index contributed by atoms with van der Waals surface area (Å²) in [6.07, 6.45) is 0.939. The van der Waals surface area contributed by atoms with E-state index < -0.39 is 4.92 Å². The van der Waals surface area contributed by atoms with Gasteiger partial charge in [-0.3, -0.25) is 10.1 Å². The van der Waals surface area contributed by atoms with E-state index in [2.05, 4.69) is 10.3 Å². The molecule has 0 aliphatic carbocycles. The zero-order valence-corrected chi connectivity index (χ0v) is 13.0. The van der Waals surface area contributed by atoms with Gasteiger partial charge in [0.2, 0.25) is 0 Å². The Bertz CT molecular complexity index is 472. The molecule has 0 aliphatic rings. The van der Waals surface area contributed by atoms with E-state index >= 15 is 0 Å². The molecule has 1 rings (SSSR count). The van der Waals surface area contributed by atoms with Crippen LogP contribution in [0.2, 0.25) is 0 Å². The summed E-state index contributed by atoms with van der Waals surface area (Å²) < 4.78 is 10.9. The fraction of sp³-hybridized carbons (Fsp3) is 0.643. The minimum atomic E-state index is -0.503. The molecule has 0 amide bonds. The molecular weight excluding hydrogens is 274 g/mol. The molecule has 0 atom stereocenters. The number of ether oxygens (including phenoxy) is 2. The van der Waals surface area contributed by atoms with Crippen LogP contribution in [-0.2, 0) is 4.74 Å². The highest BCUT2D eigenvalue weighted by atomic mass is 16.6. The van der Waals surface area contributed by atoms with Gasteiger partial charge in [-0.25, -0.2) is 0 Å². The third-order valence-electron chi connectivity index (χ3n) is 2.45. The van der Waals surface area contributed by atoms with Gasteiger partial charge >= 0.3 is 5.69 Å². The highest BCUT2D eigenvalue weighted by Crippen LogP contribution is 2.26. The SMILES string of the molecule is CCCNc1ccc([N+](=O)[O-])c(OCCOC(C)(C)C)n1. The summed E-state index contributed by atoms with van der Waals surface area (Å²) >= 11 is 0. The van der Waals surface area contributed by atoms with Gasteiger partial charge in [0.1, 0.15) is 12.4 Å². The van der Waals surface area contributed by atoms with Crippen molar-refractivity contribution in [3.63, 3.8) is 0 Å². The van der Waals surface area contributed by atoms with Crippen LogP contribution in [0.4, 0.5) is 11.5 Å². The highest BCUT2D eigenvalue weighted by molar-refractivity contribution is 5.49. The molecule has 0 saturated carbocycles. The minimum absolute atomic E-state index is 0.0126. The van der Waals surface area contributed by atoms with Crippen LogP contribution >= 0.6 is 0 Å². The molecule has 0 aliphatic heterocycles. The predicted octanol–water partition coefficient (Wildman–Crippen LogP) is 3.01. The average Bonchev–Trinajstić information content (AvgIpc) is 2.40. The molecule has 0 fully saturated rings. The lowest BCUT2D eigenvalue weighted by atomic mass is 10.2. The number of pyridine rings is 1. The second-order valence-corrected chi connectivity index (χ2v) is 5.51. The van der Waals surface area contributed by atoms with Crippen molar-refractivity contribution in [2.24, 2.45) is 0 Å². The molecule has 0 aromatic carbocycles. The van der Waals surface area contributed by atoms with Crippen molar-refractivity contribution in [3.8, 4) is 5.88 Å².